The minimum absolute atomic E-state index is 0.0337. The van der Waals surface area contributed by atoms with Crippen LogP contribution in [0.2, 0.25) is 10.0 Å². The predicted octanol–water partition coefficient (Wildman–Crippen LogP) is 4.80. The summed E-state index contributed by atoms with van der Waals surface area (Å²) in [6.45, 7) is 6.70. The molecule has 1 fully saturated rings. The number of hydrogen-bond donors (Lipinski definition) is 0. The number of sulfone groups is 1. The summed E-state index contributed by atoms with van der Waals surface area (Å²) in [6.07, 6.45) is 0. The zero-order valence-electron chi connectivity index (χ0n) is 17.8. The normalized spacial score (nSPS) is 18.5. The van der Waals surface area contributed by atoms with Crippen molar-refractivity contribution in [2.24, 2.45) is 5.92 Å². The molecule has 1 aliphatic heterocycles. The second kappa shape index (κ2) is 10.2. The molecule has 0 amide bonds. The third-order valence-electron chi connectivity index (χ3n) is 5.65. The van der Waals surface area contributed by atoms with E-state index in [1.165, 1.54) is 0 Å². The van der Waals surface area contributed by atoms with Crippen LogP contribution in [0.3, 0.4) is 0 Å². The van der Waals surface area contributed by atoms with Crippen molar-refractivity contribution in [3.05, 3.63) is 63.6 Å². The number of nitrogens with zero attached hydrogens (tertiary/aromatic N) is 3. The Bertz CT molecular complexity index is 1050. The van der Waals surface area contributed by atoms with E-state index in [-0.39, 0.29) is 23.5 Å². The number of benzene rings is 2. The van der Waals surface area contributed by atoms with Crippen molar-refractivity contribution >= 4 is 38.7 Å². The van der Waals surface area contributed by atoms with Crippen molar-refractivity contribution in [2.75, 3.05) is 42.6 Å². The molecule has 5 nitrogen and oxygen atoms in total. The molecule has 0 spiro atoms. The largest absolute Gasteiger partial charge is 0.361 e. The van der Waals surface area contributed by atoms with E-state index in [0.29, 0.717) is 15.6 Å². The molecule has 0 bridgehead atoms. The van der Waals surface area contributed by atoms with Crippen LogP contribution in [-0.4, -0.2) is 51.0 Å². The van der Waals surface area contributed by atoms with Gasteiger partial charge < -0.3 is 4.90 Å². The standard InChI is InChI=1S/C23H27Cl2N3O2S/c1-3-31(29,30)16-17(2)14-27-10-11-28(22-9-4-18(13-26)12-21(22)25)23(15-27)19-5-7-20(24)8-6-19/h4-9,12,17,23H,3,10-11,14-16H2,1-2H3/t17-,23-/m0/s1. The number of halogens is 2. The smallest absolute Gasteiger partial charge is 0.150 e. The maximum Gasteiger partial charge on any atom is 0.150 e. The highest BCUT2D eigenvalue weighted by Crippen LogP contribution is 2.36. The molecule has 31 heavy (non-hydrogen) atoms. The molecule has 3 rings (SSSR count). The molecule has 0 N–H and O–H groups in total. The molecule has 2 aromatic rings. The second-order valence-corrected chi connectivity index (χ2v) is 11.3. The summed E-state index contributed by atoms with van der Waals surface area (Å²) in [7, 11) is -3.00. The lowest BCUT2D eigenvalue weighted by molar-refractivity contribution is 0.202. The van der Waals surface area contributed by atoms with Gasteiger partial charge in [-0.2, -0.15) is 5.26 Å². The van der Waals surface area contributed by atoms with Crippen LogP contribution in [0, 0.1) is 17.2 Å². The van der Waals surface area contributed by atoms with Gasteiger partial charge in [0.2, 0.25) is 0 Å². The minimum atomic E-state index is -3.00. The Morgan fingerprint density at radius 2 is 1.87 bits per heavy atom. The lowest BCUT2D eigenvalue weighted by atomic mass is 10.00. The molecule has 0 aromatic heterocycles. The summed E-state index contributed by atoms with van der Waals surface area (Å²) in [5.74, 6) is 0.438. The highest BCUT2D eigenvalue weighted by atomic mass is 35.5. The quantitative estimate of drug-likeness (QED) is 0.570. The Morgan fingerprint density at radius 3 is 2.48 bits per heavy atom. The average Bonchev–Trinajstić information content (AvgIpc) is 2.74. The molecule has 0 unspecified atom stereocenters. The van der Waals surface area contributed by atoms with Crippen LogP contribution >= 0.6 is 23.2 Å². The zero-order valence-corrected chi connectivity index (χ0v) is 20.1. The third kappa shape index (κ3) is 6.14. The first kappa shape index (κ1) is 23.9. The summed E-state index contributed by atoms with van der Waals surface area (Å²) >= 11 is 12.6. The van der Waals surface area contributed by atoms with Crippen molar-refractivity contribution in [2.45, 2.75) is 19.9 Å². The van der Waals surface area contributed by atoms with Crippen LogP contribution in [0.1, 0.15) is 31.0 Å². The average molecular weight is 480 g/mol. The fraction of sp³-hybridized carbons (Fsp3) is 0.435. The van der Waals surface area contributed by atoms with E-state index in [2.05, 4.69) is 15.9 Å². The molecule has 1 aliphatic rings. The van der Waals surface area contributed by atoms with Crippen LogP contribution in [0.5, 0.6) is 0 Å². The Morgan fingerprint density at radius 1 is 1.16 bits per heavy atom. The van der Waals surface area contributed by atoms with Gasteiger partial charge in [-0.25, -0.2) is 8.42 Å². The van der Waals surface area contributed by atoms with Crippen LogP contribution in [0.15, 0.2) is 42.5 Å². The first-order valence-electron chi connectivity index (χ1n) is 10.4. The van der Waals surface area contributed by atoms with E-state index in [0.717, 1.165) is 37.4 Å². The number of anilines is 1. The number of hydrogen-bond acceptors (Lipinski definition) is 5. The van der Waals surface area contributed by atoms with Crippen LogP contribution < -0.4 is 4.90 Å². The van der Waals surface area contributed by atoms with Gasteiger partial charge in [-0.3, -0.25) is 4.90 Å². The zero-order chi connectivity index (χ0) is 22.6. The molecule has 0 aliphatic carbocycles. The lowest BCUT2D eigenvalue weighted by Crippen LogP contribution is -2.50. The van der Waals surface area contributed by atoms with E-state index in [1.54, 1.807) is 19.1 Å². The lowest BCUT2D eigenvalue weighted by Gasteiger charge is -2.44. The fourth-order valence-electron chi connectivity index (χ4n) is 4.12. The molecule has 2 aromatic carbocycles. The van der Waals surface area contributed by atoms with E-state index >= 15 is 0 Å². The molecule has 2 atom stereocenters. The van der Waals surface area contributed by atoms with Gasteiger partial charge in [0.25, 0.3) is 0 Å². The van der Waals surface area contributed by atoms with Gasteiger partial charge in [0, 0.05) is 37.0 Å². The first-order chi connectivity index (χ1) is 14.7. The summed E-state index contributed by atoms with van der Waals surface area (Å²) in [5.41, 5.74) is 2.53. The number of nitriles is 1. The Kier molecular flexibility index (Phi) is 7.87. The second-order valence-electron chi connectivity index (χ2n) is 8.10. The minimum Gasteiger partial charge on any atom is -0.361 e. The van der Waals surface area contributed by atoms with Crippen molar-refractivity contribution in [1.29, 1.82) is 5.26 Å². The maximum absolute atomic E-state index is 12.0. The maximum atomic E-state index is 12.0. The van der Waals surface area contributed by atoms with Gasteiger partial charge in [-0.1, -0.05) is 49.2 Å². The predicted molar refractivity (Wildman–Crippen MR) is 128 cm³/mol. The van der Waals surface area contributed by atoms with E-state index in [4.69, 9.17) is 28.5 Å². The van der Waals surface area contributed by atoms with Crippen molar-refractivity contribution in [1.82, 2.24) is 4.90 Å². The summed E-state index contributed by atoms with van der Waals surface area (Å²) < 4.78 is 24.0. The highest BCUT2D eigenvalue weighted by molar-refractivity contribution is 7.91. The van der Waals surface area contributed by atoms with Crippen molar-refractivity contribution in [3.8, 4) is 6.07 Å². The van der Waals surface area contributed by atoms with Crippen LogP contribution in [0.4, 0.5) is 5.69 Å². The molecule has 8 heteroatoms. The van der Waals surface area contributed by atoms with Gasteiger partial charge in [0.1, 0.15) is 9.84 Å². The molecule has 1 saturated heterocycles. The van der Waals surface area contributed by atoms with E-state index in [1.807, 2.05) is 37.3 Å². The van der Waals surface area contributed by atoms with Crippen LogP contribution in [-0.2, 0) is 9.84 Å². The van der Waals surface area contributed by atoms with Gasteiger partial charge in [0.05, 0.1) is 34.1 Å². The third-order valence-corrected chi connectivity index (χ3v) is 8.16. The number of piperazine rings is 1. The monoisotopic (exact) mass is 479 g/mol. The summed E-state index contributed by atoms with van der Waals surface area (Å²) in [6, 6.07) is 15.3. The van der Waals surface area contributed by atoms with Gasteiger partial charge in [0.15, 0.2) is 0 Å². The van der Waals surface area contributed by atoms with Gasteiger partial charge >= 0.3 is 0 Å². The van der Waals surface area contributed by atoms with E-state index in [9.17, 15) is 8.42 Å². The molecular weight excluding hydrogens is 453 g/mol. The Labute approximate surface area is 195 Å². The molecule has 166 valence electrons. The van der Waals surface area contributed by atoms with Crippen LogP contribution in [0.25, 0.3) is 0 Å². The van der Waals surface area contributed by atoms with Gasteiger partial charge in [-0.05, 0) is 41.8 Å². The Balaban J connectivity index is 1.85. The SMILES string of the molecule is CCS(=O)(=O)C[C@@H](C)CN1CCN(c2ccc(C#N)cc2Cl)[C@H](c2ccc(Cl)cc2)C1. The van der Waals surface area contributed by atoms with Crippen molar-refractivity contribution < 1.29 is 8.42 Å². The molecule has 0 radical (unpaired) electrons. The van der Waals surface area contributed by atoms with Gasteiger partial charge in [-0.15, -0.1) is 0 Å². The molecular formula is C23H27Cl2N3O2S. The molecule has 1 heterocycles. The topological polar surface area (TPSA) is 64.4 Å². The highest BCUT2D eigenvalue weighted by Gasteiger charge is 2.30. The number of rotatable bonds is 7. The summed E-state index contributed by atoms with van der Waals surface area (Å²) in [5, 5.41) is 10.4. The van der Waals surface area contributed by atoms with E-state index < -0.39 is 9.84 Å². The molecule has 0 saturated carbocycles. The van der Waals surface area contributed by atoms with Crippen molar-refractivity contribution in [3.63, 3.8) is 0 Å². The Hall–Kier alpha value is -1.78. The first-order valence-corrected chi connectivity index (χ1v) is 12.9. The fourth-order valence-corrected chi connectivity index (χ4v) is 5.74. The summed E-state index contributed by atoms with van der Waals surface area (Å²) in [4.78, 5) is 4.58.